The van der Waals surface area contributed by atoms with E-state index in [0.29, 0.717) is 23.2 Å². The van der Waals surface area contributed by atoms with Crippen molar-refractivity contribution in [1.82, 2.24) is 20.3 Å². The van der Waals surface area contributed by atoms with E-state index < -0.39 is 29.0 Å². The molecule has 0 atom stereocenters. The summed E-state index contributed by atoms with van der Waals surface area (Å²) in [4.78, 5) is 31.7. The zero-order chi connectivity index (χ0) is 31.1. The molecule has 1 aromatic heterocycles. The molecule has 1 fully saturated rings. The Bertz CT molecular complexity index is 1630. The fourth-order valence-corrected chi connectivity index (χ4v) is 5.42. The van der Waals surface area contributed by atoms with E-state index in [1.807, 2.05) is 47.0 Å². The molecule has 5 rings (SSSR count). The third-order valence-electron chi connectivity index (χ3n) is 6.97. The molecule has 4 aromatic rings. The van der Waals surface area contributed by atoms with Gasteiger partial charge in [-0.05, 0) is 77.5 Å². The molecule has 232 valence electrons. The summed E-state index contributed by atoms with van der Waals surface area (Å²) in [5, 5.41) is 2.48. The Kier molecular flexibility index (Phi) is 11.2. The van der Waals surface area contributed by atoms with Crippen molar-refractivity contribution < 1.29 is 27.5 Å². The van der Waals surface area contributed by atoms with Gasteiger partial charge in [-0.2, -0.15) is 0 Å². The molecular weight excluding hydrogens is 756 g/mol. The molecule has 0 aliphatic carbocycles. The highest BCUT2D eigenvalue weighted by Crippen LogP contribution is 2.28. The first-order valence-corrected chi connectivity index (χ1v) is 15.8. The monoisotopic (exact) mass is 784 g/mol. The van der Waals surface area contributed by atoms with Crippen molar-refractivity contribution in [3.05, 3.63) is 85.8 Å². The number of fused-ring (bicyclic) bond motifs is 1. The lowest BCUT2D eigenvalue weighted by Gasteiger charge is -2.35. The molecule has 2 N–H and O–H groups in total. The average Bonchev–Trinajstić information content (AvgIpc) is 3.01. The Labute approximate surface area is 274 Å². The number of ether oxygens (including phenoxy) is 1. The molecular formula is C30H29BrF3IN6O3. The molecule has 0 bridgehead atoms. The van der Waals surface area contributed by atoms with Crippen molar-refractivity contribution in [3.63, 3.8) is 0 Å². The van der Waals surface area contributed by atoms with Crippen LogP contribution in [-0.4, -0.2) is 73.3 Å². The zero-order valence-corrected chi connectivity index (χ0v) is 27.2. The molecule has 0 saturated carbocycles. The number of nitrogens with one attached hydrogen (secondary N) is 2. The number of anilines is 3. The summed E-state index contributed by atoms with van der Waals surface area (Å²) >= 11 is 5.41. The lowest BCUT2D eigenvalue weighted by molar-refractivity contribution is 0.0185. The first kappa shape index (κ1) is 32.3. The van der Waals surface area contributed by atoms with Crippen LogP contribution in [0.4, 0.5) is 30.4 Å². The molecule has 0 radical (unpaired) electrons. The maximum Gasteiger partial charge on any atom is 0.277 e. The van der Waals surface area contributed by atoms with Crippen molar-refractivity contribution in [3.8, 4) is 0 Å². The van der Waals surface area contributed by atoms with Crippen LogP contribution >= 0.6 is 38.5 Å². The highest BCUT2D eigenvalue weighted by Gasteiger charge is 2.21. The Morgan fingerprint density at radius 2 is 1.77 bits per heavy atom. The number of halogens is 5. The quantitative estimate of drug-likeness (QED) is 0.102. The van der Waals surface area contributed by atoms with E-state index in [1.165, 1.54) is 12.1 Å². The fourth-order valence-electron chi connectivity index (χ4n) is 4.62. The van der Waals surface area contributed by atoms with E-state index in [-0.39, 0.29) is 17.9 Å². The molecule has 2 heterocycles. The first-order valence-electron chi connectivity index (χ1n) is 13.9. The normalized spacial score (nSPS) is 13.8. The number of amides is 1. The van der Waals surface area contributed by atoms with E-state index in [9.17, 15) is 18.0 Å². The third kappa shape index (κ3) is 8.35. The largest absolute Gasteiger partial charge is 0.380 e. The smallest absolute Gasteiger partial charge is 0.277 e. The Hall–Kier alpha value is -3.05. The van der Waals surface area contributed by atoms with Gasteiger partial charge in [0.15, 0.2) is 11.6 Å². The van der Waals surface area contributed by atoms with Crippen molar-refractivity contribution in [2.45, 2.75) is 6.42 Å². The number of benzene rings is 3. The summed E-state index contributed by atoms with van der Waals surface area (Å²) in [6.07, 6.45) is 2.32. The number of rotatable bonds is 12. The number of carbonyl (C=O) groups is 1. The van der Waals surface area contributed by atoms with Crippen molar-refractivity contribution in [2.24, 2.45) is 0 Å². The van der Waals surface area contributed by atoms with Gasteiger partial charge < -0.3 is 15.0 Å². The fraction of sp³-hybridized carbons (Fsp3) is 0.300. The van der Waals surface area contributed by atoms with Crippen LogP contribution < -0.4 is 15.7 Å². The second-order valence-electron chi connectivity index (χ2n) is 9.97. The molecule has 44 heavy (non-hydrogen) atoms. The van der Waals surface area contributed by atoms with Gasteiger partial charge in [-0.3, -0.25) is 19.5 Å². The Morgan fingerprint density at radius 1 is 0.955 bits per heavy atom. The predicted molar refractivity (Wildman–Crippen MR) is 174 cm³/mol. The molecule has 1 aliphatic heterocycles. The second kappa shape index (κ2) is 15.3. The highest BCUT2D eigenvalue weighted by molar-refractivity contribution is 14.1. The number of carbonyl (C=O) groups excluding carboxylic acids is 1. The van der Waals surface area contributed by atoms with Gasteiger partial charge in [0.05, 0.1) is 47.4 Å². The number of hydroxylamine groups is 1. The number of nitrogens with zero attached hydrogens (tertiary/aromatic N) is 4. The number of aromatic nitrogens is 2. The molecule has 1 saturated heterocycles. The highest BCUT2D eigenvalue weighted by atomic mass is 127. The number of hydrogen-bond acceptors (Lipinski definition) is 8. The van der Waals surface area contributed by atoms with Crippen LogP contribution in [0.1, 0.15) is 16.8 Å². The zero-order valence-electron chi connectivity index (χ0n) is 23.5. The topological polar surface area (TPSA) is 91.9 Å². The number of hydrogen-bond donors (Lipinski definition) is 2. The van der Waals surface area contributed by atoms with Crippen LogP contribution in [0.5, 0.6) is 0 Å². The SMILES string of the molecule is O=C(NOCCCOCCN1CCN(c2cnc3ccc(Br)cc3n2)CC1)c1ccc(F)c(F)c1Nc1ccc(I)cc1F. The van der Waals surface area contributed by atoms with Crippen LogP contribution in [-0.2, 0) is 9.57 Å². The van der Waals surface area contributed by atoms with E-state index in [4.69, 9.17) is 14.6 Å². The van der Waals surface area contributed by atoms with Crippen LogP contribution in [0.15, 0.2) is 59.2 Å². The lowest BCUT2D eigenvalue weighted by atomic mass is 10.1. The van der Waals surface area contributed by atoms with Crippen molar-refractivity contribution in [2.75, 3.05) is 62.8 Å². The summed E-state index contributed by atoms with van der Waals surface area (Å²) in [7, 11) is 0. The van der Waals surface area contributed by atoms with Gasteiger partial charge in [-0.1, -0.05) is 15.9 Å². The van der Waals surface area contributed by atoms with Crippen molar-refractivity contribution >= 4 is 72.7 Å². The summed E-state index contributed by atoms with van der Waals surface area (Å²) in [6, 6.07) is 12.0. The summed E-state index contributed by atoms with van der Waals surface area (Å²) in [5.74, 6) is -3.09. The second-order valence-corrected chi connectivity index (χ2v) is 12.1. The minimum absolute atomic E-state index is 0.100. The Morgan fingerprint density at radius 3 is 2.57 bits per heavy atom. The van der Waals surface area contributed by atoms with E-state index in [0.717, 1.165) is 66.2 Å². The minimum atomic E-state index is -1.30. The average molecular weight is 785 g/mol. The molecule has 1 aliphatic rings. The molecule has 14 heteroatoms. The molecule has 1 amide bonds. The molecule has 0 unspecified atom stereocenters. The van der Waals surface area contributed by atoms with Crippen LogP contribution in [0.3, 0.4) is 0 Å². The Balaban J connectivity index is 0.990. The lowest BCUT2D eigenvalue weighted by Crippen LogP contribution is -2.47. The van der Waals surface area contributed by atoms with Crippen LogP contribution in [0, 0.1) is 21.0 Å². The van der Waals surface area contributed by atoms with Gasteiger partial charge in [0, 0.05) is 47.4 Å². The molecule has 0 spiro atoms. The van der Waals surface area contributed by atoms with Gasteiger partial charge in [-0.15, -0.1) is 0 Å². The third-order valence-corrected chi connectivity index (χ3v) is 8.13. The maximum atomic E-state index is 14.6. The van der Waals surface area contributed by atoms with Gasteiger partial charge >= 0.3 is 0 Å². The van der Waals surface area contributed by atoms with E-state index >= 15 is 0 Å². The standard InChI is InChI=1S/C30H29BrF3IN6O3/c31-19-2-6-25-26(16-19)37-27(18-36-25)41-10-8-40(9-11-41)12-15-43-13-1-14-44-39-30(42)21-4-5-22(32)28(34)29(21)38-24-7-3-20(35)17-23(24)33/h2-7,16-18,38H,1,8-15H2,(H,39,42). The van der Waals surface area contributed by atoms with E-state index in [1.54, 1.807) is 6.07 Å². The molecule has 9 nitrogen and oxygen atoms in total. The number of piperazine rings is 1. The summed E-state index contributed by atoms with van der Waals surface area (Å²) < 4.78 is 50.1. The van der Waals surface area contributed by atoms with Gasteiger partial charge in [0.25, 0.3) is 5.91 Å². The van der Waals surface area contributed by atoms with Crippen LogP contribution in [0.25, 0.3) is 11.0 Å². The predicted octanol–water partition coefficient (Wildman–Crippen LogP) is 6.05. The minimum Gasteiger partial charge on any atom is -0.380 e. The summed E-state index contributed by atoms with van der Waals surface area (Å²) in [6.45, 7) is 5.35. The van der Waals surface area contributed by atoms with Gasteiger partial charge in [0.1, 0.15) is 11.6 Å². The van der Waals surface area contributed by atoms with Crippen LogP contribution in [0.2, 0.25) is 0 Å². The van der Waals surface area contributed by atoms with E-state index in [2.05, 4.69) is 41.5 Å². The van der Waals surface area contributed by atoms with Gasteiger partial charge in [-0.25, -0.2) is 23.6 Å². The summed E-state index contributed by atoms with van der Waals surface area (Å²) in [5.41, 5.74) is 3.12. The first-order chi connectivity index (χ1) is 21.3. The van der Waals surface area contributed by atoms with Gasteiger partial charge in [0.2, 0.25) is 0 Å². The maximum absolute atomic E-state index is 14.6. The van der Waals surface area contributed by atoms with Crippen molar-refractivity contribution in [1.29, 1.82) is 0 Å². The molecule has 3 aromatic carbocycles.